The van der Waals surface area contributed by atoms with E-state index in [4.69, 9.17) is 9.47 Å². The molecule has 2 aliphatic carbocycles. The maximum Gasteiger partial charge on any atom is 0.298 e. The highest BCUT2D eigenvalue weighted by atomic mass is 16.5. The van der Waals surface area contributed by atoms with Crippen LogP contribution >= 0.6 is 0 Å². The summed E-state index contributed by atoms with van der Waals surface area (Å²) in [4.78, 5) is 10.4. The van der Waals surface area contributed by atoms with Gasteiger partial charge in [0.15, 0.2) is 0 Å². The molecule has 1 aromatic carbocycles. The van der Waals surface area contributed by atoms with E-state index in [1.165, 1.54) is 18.4 Å². The Hall–Kier alpha value is -1.51. The van der Waals surface area contributed by atoms with Gasteiger partial charge in [-0.2, -0.15) is 0 Å². The van der Waals surface area contributed by atoms with Crippen LogP contribution in [0.3, 0.4) is 0 Å². The molecule has 0 aliphatic heterocycles. The molecule has 0 N–H and O–H groups in total. The van der Waals surface area contributed by atoms with Crippen LogP contribution in [0.4, 0.5) is 0 Å². The highest BCUT2D eigenvalue weighted by molar-refractivity contribution is 5.50. The van der Waals surface area contributed by atoms with Gasteiger partial charge < -0.3 is 9.47 Å². The number of carbonyl (C=O) groups excluding carboxylic acids is 1. The van der Waals surface area contributed by atoms with Gasteiger partial charge in [-0.3, -0.25) is 4.79 Å². The summed E-state index contributed by atoms with van der Waals surface area (Å²) in [6.45, 7) is 5.23. The molecule has 0 aromatic heterocycles. The second-order valence-corrected chi connectivity index (χ2v) is 6.34. The van der Waals surface area contributed by atoms with E-state index in [0.717, 1.165) is 29.4 Å². The Bertz CT molecular complexity index is 509. The van der Waals surface area contributed by atoms with Crippen LogP contribution in [0.2, 0.25) is 0 Å². The lowest BCUT2D eigenvalue weighted by Crippen LogP contribution is -2.23. The minimum Gasteiger partial charge on any atom is -0.496 e. The average molecular weight is 274 g/mol. The van der Waals surface area contributed by atoms with Gasteiger partial charge in [0.25, 0.3) is 6.47 Å². The van der Waals surface area contributed by atoms with Crippen LogP contribution in [0.15, 0.2) is 18.2 Å². The molecule has 20 heavy (non-hydrogen) atoms. The smallest absolute Gasteiger partial charge is 0.298 e. The molecule has 0 amide bonds. The van der Waals surface area contributed by atoms with Crippen molar-refractivity contribution in [2.75, 3.05) is 7.11 Å². The number of hydrogen-bond acceptors (Lipinski definition) is 3. The molecule has 3 heteroatoms. The lowest BCUT2D eigenvalue weighted by atomic mass is 9.73. The maximum atomic E-state index is 10.4. The SMILES string of the molecule is COc1cc(OC=O)ccc1C1CC2CC1C(C)C2C. The van der Waals surface area contributed by atoms with Crippen LogP contribution in [0.25, 0.3) is 0 Å². The summed E-state index contributed by atoms with van der Waals surface area (Å²) in [6, 6.07) is 5.76. The minimum absolute atomic E-state index is 0.454. The fourth-order valence-electron chi connectivity index (χ4n) is 4.42. The van der Waals surface area contributed by atoms with E-state index in [0.29, 0.717) is 18.1 Å². The highest BCUT2D eigenvalue weighted by Crippen LogP contribution is 2.59. The molecule has 0 heterocycles. The van der Waals surface area contributed by atoms with Crippen LogP contribution in [0.5, 0.6) is 11.5 Å². The standard InChI is InChI=1S/C17H22O3/c1-10-11(2)15-6-12(10)7-16(15)14-5-4-13(20-9-18)8-17(14)19-3/h4-5,8-12,15-16H,6-7H2,1-3H3. The summed E-state index contributed by atoms with van der Waals surface area (Å²) < 4.78 is 10.4. The molecule has 2 saturated carbocycles. The number of rotatable bonds is 4. The molecule has 1 aromatic rings. The van der Waals surface area contributed by atoms with Gasteiger partial charge >= 0.3 is 0 Å². The van der Waals surface area contributed by atoms with Crippen molar-refractivity contribution < 1.29 is 14.3 Å². The van der Waals surface area contributed by atoms with Gasteiger partial charge in [0.2, 0.25) is 0 Å². The van der Waals surface area contributed by atoms with Crippen molar-refractivity contribution in [3.63, 3.8) is 0 Å². The van der Waals surface area contributed by atoms with Gasteiger partial charge in [0, 0.05) is 6.07 Å². The van der Waals surface area contributed by atoms with Crippen LogP contribution in [-0.2, 0) is 4.79 Å². The minimum atomic E-state index is 0.454. The first kappa shape index (κ1) is 13.5. The zero-order chi connectivity index (χ0) is 14.3. The molecule has 0 saturated heterocycles. The van der Waals surface area contributed by atoms with Crippen molar-refractivity contribution in [3.05, 3.63) is 23.8 Å². The van der Waals surface area contributed by atoms with E-state index in [9.17, 15) is 4.79 Å². The molecule has 5 unspecified atom stereocenters. The second-order valence-electron chi connectivity index (χ2n) is 6.34. The molecule has 2 aliphatic rings. The number of methoxy groups -OCH3 is 1. The van der Waals surface area contributed by atoms with Crippen molar-refractivity contribution in [2.24, 2.45) is 23.7 Å². The van der Waals surface area contributed by atoms with Gasteiger partial charge in [-0.25, -0.2) is 0 Å². The van der Waals surface area contributed by atoms with Crippen molar-refractivity contribution in [1.82, 2.24) is 0 Å². The van der Waals surface area contributed by atoms with Crippen molar-refractivity contribution >= 4 is 6.47 Å². The topological polar surface area (TPSA) is 35.5 Å². The average Bonchev–Trinajstić information content (AvgIpc) is 3.00. The van der Waals surface area contributed by atoms with Gasteiger partial charge in [-0.1, -0.05) is 19.9 Å². The van der Waals surface area contributed by atoms with Gasteiger partial charge in [0.05, 0.1) is 7.11 Å². The fourth-order valence-corrected chi connectivity index (χ4v) is 4.42. The van der Waals surface area contributed by atoms with E-state index in [1.54, 1.807) is 7.11 Å². The van der Waals surface area contributed by atoms with E-state index < -0.39 is 0 Å². The first-order valence-electron chi connectivity index (χ1n) is 7.44. The largest absolute Gasteiger partial charge is 0.496 e. The quantitative estimate of drug-likeness (QED) is 0.787. The lowest BCUT2D eigenvalue weighted by molar-refractivity contribution is -0.120. The van der Waals surface area contributed by atoms with Crippen LogP contribution < -0.4 is 9.47 Å². The zero-order valence-electron chi connectivity index (χ0n) is 12.3. The first-order valence-corrected chi connectivity index (χ1v) is 7.44. The highest BCUT2D eigenvalue weighted by Gasteiger charge is 2.49. The molecule has 5 atom stereocenters. The van der Waals surface area contributed by atoms with Crippen LogP contribution in [0.1, 0.15) is 38.2 Å². The summed E-state index contributed by atoms with van der Waals surface area (Å²) in [5.74, 6) is 5.24. The van der Waals surface area contributed by atoms with E-state index in [-0.39, 0.29) is 0 Å². The molecule has 3 nitrogen and oxygen atoms in total. The van der Waals surface area contributed by atoms with E-state index >= 15 is 0 Å². The molecular weight excluding hydrogens is 252 g/mol. The third-order valence-electron chi connectivity index (χ3n) is 5.69. The predicted octanol–water partition coefficient (Wildman–Crippen LogP) is 3.63. The Labute approximate surface area is 120 Å². The summed E-state index contributed by atoms with van der Waals surface area (Å²) >= 11 is 0. The van der Waals surface area contributed by atoms with Crippen molar-refractivity contribution in [2.45, 2.75) is 32.6 Å². The third kappa shape index (κ3) is 2.00. The van der Waals surface area contributed by atoms with Crippen molar-refractivity contribution in [1.29, 1.82) is 0 Å². The number of hydrogen-bond donors (Lipinski definition) is 0. The Balaban J connectivity index is 1.89. The number of carbonyl (C=O) groups is 1. The lowest BCUT2D eigenvalue weighted by Gasteiger charge is -2.32. The van der Waals surface area contributed by atoms with Gasteiger partial charge in [-0.15, -0.1) is 0 Å². The Kier molecular flexibility index (Phi) is 3.45. The molecule has 3 rings (SSSR count). The van der Waals surface area contributed by atoms with E-state index in [1.807, 2.05) is 12.1 Å². The molecule has 0 radical (unpaired) electrons. The Morgan fingerprint density at radius 2 is 2.00 bits per heavy atom. The molecule has 2 bridgehead atoms. The van der Waals surface area contributed by atoms with Crippen molar-refractivity contribution in [3.8, 4) is 11.5 Å². The third-order valence-corrected chi connectivity index (χ3v) is 5.69. The fraction of sp³-hybridized carbons (Fsp3) is 0.588. The van der Waals surface area contributed by atoms with Gasteiger partial charge in [0.1, 0.15) is 11.5 Å². The first-order chi connectivity index (χ1) is 9.65. The monoisotopic (exact) mass is 274 g/mol. The number of benzene rings is 1. The molecule has 108 valence electrons. The normalized spacial score (nSPS) is 35.0. The summed E-state index contributed by atoms with van der Waals surface area (Å²) in [6.07, 6.45) is 2.61. The van der Waals surface area contributed by atoms with E-state index in [2.05, 4.69) is 19.9 Å². The number of fused-ring (bicyclic) bond motifs is 2. The second kappa shape index (κ2) is 5.12. The maximum absolute atomic E-state index is 10.4. The Morgan fingerprint density at radius 3 is 2.60 bits per heavy atom. The Morgan fingerprint density at radius 1 is 1.20 bits per heavy atom. The predicted molar refractivity (Wildman–Crippen MR) is 77.0 cm³/mol. The van der Waals surface area contributed by atoms with Crippen LogP contribution in [0, 0.1) is 23.7 Å². The molecule has 2 fully saturated rings. The zero-order valence-corrected chi connectivity index (χ0v) is 12.3. The molecular formula is C17H22O3. The van der Waals surface area contributed by atoms with Crippen LogP contribution in [-0.4, -0.2) is 13.6 Å². The molecule has 0 spiro atoms. The summed E-state index contributed by atoms with van der Waals surface area (Å²) in [5.41, 5.74) is 1.27. The number of ether oxygens (including phenoxy) is 2. The van der Waals surface area contributed by atoms with Gasteiger partial charge in [-0.05, 0) is 54.1 Å². The summed E-state index contributed by atoms with van der Waals surface area (Å²) in [5, 5.41) is 0. The summed E-state index contributed by atoms with van der Waals surface area (Å²) in [7, 11) is 1.68.